The van der Waals surface area contributed by atoms with Crippen molar-refractivity contribution >= 4 is 17.5 Å². The van der Waals surface area contributed by atoms with Gasteiger partial charge in [-0.1, -0.05) is 48.0 Å². The van der Waals surface area contributed by atoms with Crippen molar-refractivity contribution < 1.29 is 9.59 Å². The molecule has 2 aromatic carbocycles. The summed E-state index contributed by atoms with van der Waals surface area (Å²) >= 11 is 0. The van der Waals surface area contributed by atoms with E-state index in [0.29, 0.717) is 19.5 Å². The molecule has 1 heterocycles. The number of aryl methyl sites for hydroxylation is 1. The molecular formula is C20H22N2O2. The molecule has 1 aliphatic heterocycles. The second-order valence-corrected chi connectivity index (χ2v) is 6.30. The molecule has 0 fully saturated rings. The summed E-state index contributed by atoms with van der Waals surface area (Å²) in [4.78, 5) is 25.9. The van der Waals surface area contributed by atoms with Crippen LogP contribution in [0.3, 0.4) is 0 Å². The fourth-order valence-electron chi connectivity index (χ4n) is 3.24. The molecule has 24 heavy (non-hydrogen) atoms. The van der Waals surface area contributed by atoms with Gasteiger partial charge in [-0.2, -0.15) is 0 Å². The summed E-state index contributed by atoms with van der Waals surface area (Å²) in [5, 5.41) is 2.79. The monoisotopic (exact) mass is 322 g/mol. The first kappa shape index (κ1) is 16.2. The molecule has 124 valence electrons. The molecule has 2 amide bonds. The predicted molar refractivity (Wildman–Crippen MR) is 94.9 cm³/mol. The fraction of sp³-hybridized carbons (Fsp3) is 0.300. The summed E-state index contributed by atoms with van der Waals surface area (Å²) < 4.78 is 0. The SMILES string of the molecule is CC(=O)NCC[C@H]1C(=O)N(Cc2ccccc2)c2ccc(C)cc21. The van der Waals surface area contributed by atoms with Crippen LogP contribution in [0.4, 0.5) is 5.69 Å². The number of hydrogen-bond donors (Lipinski definition) is 1. The summed E-state index contributed by atoms with van der Waals surface area (Å²) in [5.41, 5.74) is 4.32. The van der Waals surface area contributed by atoms with Gasteiger partial charge < -0.3 is 10.2 Å². The van der Waals surface area contributed by atoms with Crippen molar-refractivity contribution in [2.75, 3.05) is 11.4 Å². The molecule has 2 aromatic rings. The maximum Gasteiger partial charge on any atom is 0.234 e. The van der Waals surface area contributed by atoms with E-state index in [9.17, 15) is 9.59 Å². The van der Waals surface area contributed by atoms with Gasteiger partial charge in [0.2, 0.25) is 11.8 Å². The fourth-order valence-corrected chi connectivity index (χ4v) is 3.24. The Bertz CT molecular complexity index is 755. The molecule has 0 aromatic heterocycles. The van der Waals surface area contributed by atoms with E-state index in [1.807, 2.05) is 54.3 Å². The minimum atomic E-state index is -0.185. The second kappa shape index (κ2) is 6.87. The lowest BCUT2D eigenvalue weighted by Crippen LogP contribution is -2.30. The van der Waals surface area contributed by atoms with Crippen molar-refractivity contribution in [3.05, 3.63) is 65.2 Å². The molecular weight excluding hydrogens is 300 g/mol. The predicted octanol–water partition coefficient (Wildman–Crippen LogP) is 3.15. The van der Waals surface area contributed by atoms with Gasteiger partial charge >= 0.3 is 0 Å². The zero-order valence-electron chi connectivity index (χ0n) is 14.1. The summed E-state index contributed by atoms with van der Waals surface area (Å²) in [6.07, 6.45) is 0.625. The quantitative estimate of drug-likeness (QED) is 0.919. The average Bonchev–Trinajstić information content (AvgIpc) is 2.80. The summed E-state index contributed by atoms with van der Waals surface area (Å²) in [7, 11) is 0. The van der Waals surface area contributed by atoms with Crippen molar-refractivity contribution in [1.82, 2.24) is 5.32 Å². The van der Waals surface area contributed by atoms with Gasteiger partial charge in [-0.15, -0.1) is 0 Å². The van der Waals surface area contributed by atoms with Gasteiger partial charge in [0.15, 0.2) is 0 Å². The van der Waals surface area contributed by atoms with E-state index in [2.05, 4.69) is 11.4 Å². The van der Waals surface area contributed by atoms with Gasteiger partial charge in [0.05, 0.1) is 12.5 Å². The van der Waals surface area contributed by atoms with Crippen LogP contribution in [-0.2, 0) is 16.1 Å². The van der Waals surface area contributed by atoms with Crippen molar-refractivity contribution in [3.63, 3.8) is 0 Å². The normalized spacial score (nSPS) is 16.2. The van der Waals surface area contributed by atoms with E-state index in [1.54, 1.807) is 0 Å². The number of fused-ring (bicyclic) bond motifs is 1. The number of benzene rings is 2. The zero-order chi connectivity index (χ0) is 17.1. The average molecular weight is 322 g/mol. The van der Waals surface area contributed by atoms with Crippen LogP contribution >= 0.6 is 0 Å². The van der Waals surface area contributed by atoms with Crippen LogP contribution < -0.4 is 10.2 Å². The largest absolute Gasteiger partial charge is 0.356 e. The lowest BCUT2D eigenvalue weighted by Gasteiger charge is -2.18. The Morgan fingerprint density at radius 2 is 1.92 bits per heavy atom. The van der Waals surface area contributed by atoms with Gasteiger partial charge in [-0.3, -0.25) is 9.59 Å². The molecule has 0 saturated carbocycles. The van der Waals surface area contributed by atoms with Crippen LogP contribution in [0.1, 0.15) is 36.0 Å². The zero-order valence-corrected chi connectivity index (χ0v) is 14.1. The highest BCUT2D eigenvalue weighted by atomic mass is 16.2. The molecule has 0 spiro atoms. The highest BCUT2D eigenvalue weighted by Crippen LogP contribution is 2.40. The van der Waals surface area contributed by atoms with Crippen molar-refractivity contribution in [2.24, 2.45) is 0 Å². The number of carbonyl (C=O) groups is 2. The summed E-state index contributed by atoms with van der Waals surface area (Å²) in [6.45, 7) is 4.62. The lowest BCUT2D eigenvalue weighted by atomic mass is 9.96. The van der Waals surface area contributed by atoms with E-state index >= 15 is 0 Å². The van der Waals surface area contributed by atoms with Crippen molar-refractivity contribution in [2.45, 2.75) is 32.7 Å². The first-order chi connectivity index (χ1) is 11.6. The van der Waals surface area contributed by atoms with E-state index in [1.165, 1.54) is 6.92 Å². The Morgan fingerprint density at radius 3 is 2.62 bits per heavy atom. The maximum atomic E-state index is 13.0. The van der Waals surface area contributed by atoms with Gasteiger partial charge in [-0.25, -0.2) is 0 Å². The van der Waals surface area contributed by atoms with Crippen molar-refractivity contribution in [1.29, 1.82) is 0 Å². The van der Waals surface area contributed by atoms with Crippen LogP contribution in [-0.4, -0.2) is 18.4 Å². The van der Waals surface area contributed by atoms with E-state index in [4.69, 9.17) is 0 Å². The molecule has 4 nitrogen and oxygen atoms in total. The topological polar surface area (TPSA) is 49.4 Å². The maximum absolute atomic E-state index is 13.0. The number of nitrogens with zero attached hydrogens (tertiary/aromatic N) is 1. The van der Waals surface area contributed by atoms with Crippen molar-refractivity contribution in [3.8, 4) is 0 Å². The lowest BCUT2D eigenvalue weighted by molar-refractivity contribution is -0.121. The molecule has 3 rings (SSSR count). The van der Waals surface area contributed by atoms with E-state index < -0.39 is 0 Å². The van der Waals surface area contributed by atoms with Crippen LogP contribution in [0.2, 0.25) is 0 Å². The summed E-state index contributed by atoms with van der Waals surface area (Å²) in [6, 6.07) is 16.2. The Kier molecular flexibility index (Phi) is 4.65. The van der Waals surface area contributed by atoms with Crippen LogP contribution in [0.15, 0.2) is 48.5 Å². The highest BCUT2D eigenvalue weighted by Gasteiger charge is 2.36. The molecule has 0 aliphatic carbocycles. The first-order valence-electron chi connectivity index (χ1n) is 8.26. The number of anilines is 1. The number of hydrogen-bond acceptors (Lipinski definition) is 2. The number of nitrogens with one attached hydrogen (secondary N) is 1. The third-order valence-corrected chi connectivity index (χ3v) is 4.40. The van der Waals surface area contributed by atoms with Crippen LogP contribution in [0.25, 0.3) is 0 Å². The van der Waals surface area contributed by atoms with Gasteiger partial charge in [0.25, 0.3) is 0 Å². The molecule has 4 heteroatoms. The number of carbonyl (C=O) groups excluding carboxylic acids is 2. The van der Waals surface area contributed by atoms with E-state index in [-0.39, 0.29) is 17.7 Å². The Hall–Kier alpha value is -2.62. The standard InChI is InChI=1S/C20H22N2O2/c1-14-8-9-19-18(12-14)17(10-11-21-15(2)23)20(24)22(19)13-16-6-4-3-5-7-16/h3-9,12,17H,10-11,13H2,1-2H3,(H,21,23)/t17-/m1/s1. The highest BCUT2D eigenvalue weighted by molar-refractivity contribution is 6.05. The van der Waals surface area contributed by atoms with Crippen LogP contribution in [0, 0.1) is 6.92 Å². The Balaban J connectivity index is 1.86. The third kappa shape index (κ3) is 3.32. The Morgan fingerprint density at radius 1 is 1.17 bits per heavy atom. The van der Waals surface area contributed by atoms with Gasteiger partial charge in [0.1, 0.15) is 0 Å². The minimum Gasteiger partial charge on any atom is -0.356 e. The van der Waals surface area contributed by atoms with E-state index in [0.717, 1.165) is 22.4 Å². The minimum absolute atomic E-state index is 0.0638. The number of amides is 2. The van der Waals surface area contributed by atoms with Gasteiger partial charge in [0, 0.05) is 19.2 Å². The third-order valence-electron chi connectivity index (χ3n) is 4.40. The molecule has 0 unspecified atom stereocenters. The summed E-state index contributed by atoms with van der Waals surface area (Å²) in [5.74, 6) is -0.133. The molecule has 1 N–H and O–H groups in total. The smallest absolute Gasteiger partial charge is 0.234 e. The first-order valence-corrected chi connectivity index (χ1v) is 8.26. The number of rotatable bonds is 5. The molecule has 0 radical (unpaired) electrons. The van der Waals surface area contributed by atoms with Gasteiger partial charge in [-0.05, 0) is 30.5 Å². The second-order valence-electron chi connectivity index (χ2n) is 6.30. The molecule has 1 atom stereocenters. The Labute approximate surface area is 142 Å². The molecule has 1 aliphatic rings. The molecule has 0 saturated heterocycles. The van der Waals surface area contributed by atoms with Crippen LogP contribution in [0.5, 0.6) is 0 Å². The molecule has 0 bridgehead atoms.